The van der Waals surface area contributed by atoms with Gasteiger partial charge in [-0.2, -0.15) is 0 Å². The SMILES string of the molecule is BN1CC2CCCC(C1)C2(OC)c1cccc2c1CC(=O)N2. The fourth-order valence-corrected chi connectivity index (χ4v) is 5.15. The van der Waals surface area contributed by atoms with Gasteiger partial charge in [-0.15, -0.1) is 0 Å². The lowest BCUT2D eigenvalue weighted by atomic mass is 9.61. The third-order valence-electron chi connectivity index (χ3n) is 5.93. The lowest BCUT2D eigenvalue weighted by Crippen LogP contribution is -2.58. The zero-order valence-corrected chi connectivity index (χ0v) is 13.4. The number of nitrogens with zero attached hydrogens (tertiary/aromatic N) is 1. The molecule has 2 bridgehead atoms. The van der Waals surface area contributed by atoms with Crippen LogP contribution in [-0.4, -0.2) is 38.9 Å². The van der Waals surface area contributed by atoms with E-state index in [-0.39, 0.29) is 11.5 Å². The Kier molecular flexibility index (Phi) is 3.31. The fourth-order valence-electron chi connectivity index (χ4n) is 5.15. The largest absolute Gasteiger partial charge is 0.373 e. The lowest BCUT2D eigenvalue weighted by molar-refractivity contribution is -0.158. The second kappa shape index (κ2) is 5.10. The Labute approximate surface area is 132 Å². The van der Waals surface area contributed by atoms with Gasteiger partial charge in [-0.1, -0.05) is 18.6 Å². The van der Waals surface area contributed by atoms with Crippen molar-refractivity contribution in [3.8, 4) is 0 Å². The van der Waals surface area contributed by atoms with Crippen LogP contribution in [0, 0.1) is 11.8 Å². The van der Waals surface area contributed by atoms with Crippen molar-refractivity contribution in [3.63, 3.8) is 0 Å². The molecular formula is C17H23BN2O2. The van der Waals surface area contributed by atoms with Crippen molar-refractivity contribution in [3.05, 3.63) is 29.3 Å². The van der Waals surface area contributed by atoms with Gasteiger partial charge in [0.05, 0.1) is 6.42 Å². The molecule has 1 amide bonds. The monoisotopic (exact) mass is 298 g/mol. The van der Waals surface area contributed by atoms with E-state index in [0.29, 0.717) is 18.3 Å². The Morgan fingerprint density at radius 2 is 2.05 bits per heavy atom. The number of amides is 1. The average molecular weight is 298 g/mol. The molecule has 0 aromatic heterocycles. The van der Waals surface area contributed by atoms with Crippen LogP contribution >= 0.6 is 0 Å². The molecule has 4 rings (SSSR count). The number of nitrogens with one attached hydrogen (secondary N) is 1. The molecule has 2 heterocycles. The molecule has 0 radical (unpaired) electrons. The molecule has 3 aliphatic rings. The van der Waals surface area contributed by atoms with Crippen LogP contribution in [0.1, 0.15) is 30.4 Å². The summed E-state index contributed by atoms with van der Waals surface area (Å²) in [5, 5.41) is 2.99. The normalized spacial score (nSPS) is 34.3. The van der Waals surface area contributed by atoms with Gasteiger partial charge in [0.2, 0.25) is 5.91 Å². The molecule has 2 atom stereocenters. The van der Waals surface area contributed by atoms with Crippen molar-refractivity contribution in [1.82, 2.24) is 4.81 Å². The molecule has 1 saturated carbocycles. The summed E-state index contributed by atoms with van der Waals surface area (Å²) in [5.74, 6) is 1.13. The summed E-state index contributed by atoms with van der Waals surface area (Å²) in [7, 11) is 4.08. The first kappa shape index (κ1) is 14.3. The van der Waals surface area contributed by atoms with Gasteiger partial charge in [-0.05, 0) is 43.1 Å². The number of carbonyl (C=O) groups is 1. The number of hydrogen-bond donors (Lipinski definition) is 1. The molecule has 1 N–H and O–H groups in total. The smallest absolute Gasteiger partial charge is 0.228 e. The molecule has 2 fully saturated rings. The van der Waals surface area contributed by atoms with E-state index in [4.69, 9.17) is 4.74 Å². The van der Waals surface area contributed by atoms with Crippen LogP contribution in [0.4, 0.5) is 5.69 Å². The highest BCUT2D eigenvalue weighted by atomic mass is 16.5. The molecule has 0 spiro atoms. The van der Waals surface area contributed by atoms with Crippen LogP contribution in [0.5, 0.6) is 0 Å². The zero-order chi connectivity index (χ0) is 15.3. The summed E-state index contributed by atoms with van der Waals surface area (Å²) in [6, 6.07) is 6.27. The van der Waals surface area contributed by atoms with Crippen LogP contribution in [0.2, 0.25) is 0 Å². The van der Waals surface area contributed by atoms with Crippen molar-refractivity contribution in [2.45, 2.75) is 31.3 Å². The molecule has 1 aromatic rings. The van der Waals surface area contributed by atoms with Crippen molar-refractivity contribution < 1.29 is 9.53 Å². The maximum absolute atomic E-state index is 11.9. The minimum Gasteiger partial charge on any atom is -0.373 e. The third kappa shape index (κ3) is 1.88. The quantitative estimate of drug-likeness (QED) is 0.837. The lowest BCUT2D eigenvalue weighted by Gasteiger charge is -2.55. The van der Waals surface area contributed by atoms with Gasteiger partial charge < -0.3 is 14.9 Å². The minimum atomic E-state index is -0.220. The number of carbonyl (C=O) groups excluding carboxylic acids is 1. The highest BCUT2D eigenvalue weighted by molar-refractivity contribution is 6.04. The summed E-state index contributed by atoms with van der Waals surface area (Å²) in [5.41, 5.74) is 3.18. The molecule has 2 aliphatic heterocycles. The molecular weight excluding hydrogens is 275 g/mol. The second-order valence-electron chi connectivity index (χ2n) is 7.10. The fraction of sp³-hybridized carbons (Fsp3) is 0.588. The first-order valence-electron chi connectivity index (χ1n) is 8.31. The number of ether oxygens (including phenoxy) is 1. The Balaban J connectivity index is 1.86. The minimum absolute atomic E-state index is 0.104. The van der Waals surface area contributed by atoms with E-state index in [1.807, 2.05) is 13.2 Å². The summed E-state index contributed by atoms with van der Waals surface area (Å²) in [4.78, 5) is 14.3. The van der Waals surface area contributed by atoms with Crippen molar-refractivity contribution >= 4 is 19.6 Å². The molecule has 2 unspecified atom stereocenters. The van der Waals surface area contributed by atoms with Crippen molar-refractivity contribution in [2.75, 3.05) is 25.5 Å². The Morgan fingerprint density at radius 3 is 2.73 bits per heavy atom. The van der Waals surface area contributed by atoms with E-state index in [0.717, 1.165) is 24.3 Å². The maximum atomic E-state index is 11.9. The molecule has 1 aliphatic carbocycles. The van der Waals surface area contributed by atoms with E-state index in [1.165, 1.54) is 24.8 Å². The molecule has 1 saturated heterocycles. The summed E-state index contributed by atoms with van der Waals surface area (Å²) in [6.07, 6.45) is 4.20. The van der Waals surface area contributed by atoms with E-state index < -0.39 is 0 Å². The Bertz CT molecular complexity index is 605. The van der Waals surface area contributed by atoms with E-state index in [1.54, 1.807) is 0 Å². The average Bonchev–Trinajstić information content (AvgIpc) is 2.86. The number of hydrogen-bond acceptors (Lipinski definition) is 3. The first-order valence-corrected chi connectivity index (χ1v) is 8.31. The standard InChI is InChI=1S/C17H23BN2O2/c1-22-17(11-4-2-5-12(17)10-20(18)9-11)14-6-3-7-15-13(14)8-16(21)19-15/h3,6-7,11-12H,2,4-5,8-10,18H2,1H3,(H,19,21). The van der Waals surface area contributed by atoms with Gasteiger partial charge in [0.1, 0.15) is 5.60 Å². The van der Waals surface area contributed by atoms with Crippen molar-refractivity contribution in [2.24, 2.45) is 11.8 Å². The van der Waals surface area contributed by atoms with Crippen LogP contribution in [-0.2, 0) is 21.6 Å². The van der Waals surface area contributed by atoms with Crippen LogP contribution < -0.4 is 5.32 Å². The zero-order valence-electron chi connectivity index (χ0n) is 13.4. The molecule has 5 heteroatoms. The predicted octanol–water partition coefficient (Wildman–Crippen LogP) is 1.30. The number of fused-ring (bicyclic) bond motifs is 3. The van der Waals surface area contributed by atoms with E-state index >= 15 is 0 Å². The third-order valence-corrected chi connectivity index (χ3v) is 5.93. The summed E-state index contributed by atoms with van der Waals surface area (Å²) >= 11 is 0. The van der Waals surface area contributed by atoms with E-state index in [9.17, 15) is 4.79 Å². The van der Waals surface area contributed by atoms with Gasteiger partial charge >= 0.3 is 0 Å². The van der Waals surface area contributed by atoms with Gasteiger partial charge in [-0.25, -0.2) is 0 Å². The Hall–Kier alpha value is -1.33. The highest BCUT2D eigenvalue weighted by Gasteiger charge is 2.53. The molecule has 4 nitrogen and oxygen atoms in total. The van der Waals surface area contributed by atoms with Crippen molar-refractivity contribution in [1.29, 1.82) is 0 Å². The highest BCUT2D eigenvalue weighted by Crippen LogP contribution is 2.53. The second-order valence-corrected chi connectivity index (χ2v) is 7.10. The van der Waals surface area contributed by atoms with Gasteiger partial charge in [-0.3, -0.25) is 4.79 Å². The number of piperidine rings is 1. The predicted molar refractivity (Wildman–Crippen MR) is 88.4 cm³/mol. The molecule has 1 aromatic carbocycles. The molecule has 22 heavy (non-hydrogen) atoms. The number of rotatable bonds is 2. The van der Waals surface area contributed by atoms with Crippen LogP contribution in [0.25, 0.3) is 0 Å². The van der Waals surface area contributed by atoms with Crippen LogP contribution in [0.3, 0.4) is 0 Å². The number of methoxy groups -OCH3 is 1. The maximum Gasteiger partial charge on any atom is 0.228 e. The van der Waals surface area contributed by atoms with Gasteiger partial charge in [0, 0.05) is 24.6 Å². The number of anilines is 1. The van der Waals surface area contributed by atoms with Crippen LogP contribution in [0.15, 0.2) is 18.2 Å². The first-order chi connectivity index (χ1) is 10.6. The molecule has 116 valence electrons. The number of benzene rings is 1. The van der Waals surface area contributed by atoms with E-state index in [2.05, 4.69) is 30.2 Å². The summed E-state index contributed by atoms with van der Waals surface area (Å²) < 4.78 is 6.27. The Morgan fingerprint density at radius 1 is 1.32 bits per heavy atom. The van der Waals surface area contributed by atoms with Gasteiger partial charge in [0.15, 0.2) is 7.98 Å². The van der Waals surface area contributed by atoms with Gasteiger partial charge in [0.25, 0.3) is 0 Å². The summed E-state index contributed by atoms with van der Waals surface area (Å²) in [6.45, 7) is 2.16. The topological polar surface area (TPSA) is 41.6 Å².